The van der Waals surface area contributed by atoms with Crippen molar-refractivity contribution >= 4 is 39.1 Å². The van der Waals surface area contributed by atoms with Gasteiger partial charge in [-0.05, 0) is 56.7 Å². The third kappa shape index (κ3) is 6.47. The lowest BCUT2D eigenvalue weighted by Crippen LogP contribution is -2.51. The molecule has 196 valence electrons. The summed E-state index contributed by atoms with van der Waals surface area (Å²) in [5.41, 5.74) is 0.888. The average molecular weight is 546 g/mol. The molecular formula is C27H29ClFN3O4S. The third-order valence-corrected chi connectivity index (χ3v) is 8.12. The van der Waals surface area contributed by atoms with Crippen LogP contribution >= 0.6 is 11.6 Å². The van der Waals surface area contributed by atoms with Crippen LogP contribution in [0.15, 0.2) is 77.7 Å². The maximum atomic E-state index is 14.5. The number of carbonyl (C=O) groups excluding carboxylic acids is 2. The van der Waals surface area contributed by atoms with Crippen LogP contribution in [0.25, 0.3) is 0 Å². The van der Waals surface area contributed by atoms with Gasteiger partial charge in [0.25, 0.3) is 10.0 Å². The maximum absolute atomic E-state index is 14.5. The van der Waals surface area contributed by atoms with Crippen molar-refractivity contribution in [2.24, 2.45) is 0 Å². The Labute approximate surface area is 221 Å². The average Bonchev–Trinajstić information content (AvgIpc) is 2.88. The molecule has 37 heavy (non-hydrogen) atoms. The highest BCUT2D eigenvalue weighted by atomic mass is 35.5. The molecule has 0 aliphatic rings. The van der Waals surface area contributed by atoms with Gasteiger partial charge in [-0.1, -0.05) is 54.1 Å². The molecule has 1 atom stereocenters. The highest BCUT2D eigenvalue weighted by molar-refractivity contribution is 7.92. The van der Waals surface area contributed by atoms with Crippen molar-refractivity contribution in [2.45, 2.75) is 38.3 Å². The molecule has 0 radical (unpaired) electrons. The summed E-state index contributed by atoms with van der Waals surface area (Å²) in [5, 5.41) is 2.99. The van der Waals surface area contributed by atoms with Crippen LogP contribution in [0.1, 0.15) is 25.0 Å². The van der Waals surface area contributed by atoms with Gasteiger partial charge >= 0.3 is 0 Å². The monoisotopic (exact) mass is 545 g/mol. The van der Waals surface area contributed by atoms with Crippen molar-refractivity contribution in [1.82, 2.24) is 10.2 Å². The van der Waals surface area contributed by atoms with Crippen LogP contribution in [0.5, 0.6) is 0 Å². The minimum absolute atomic E-state index is 0.0143. The number of nitrogens with zero attached hydrogens (tertiary/aromatic N) is 2. The molecule has 0 spiro atoms. The molecule has 0 fully saturated rings. The Morgan fingerprint density at radius 3 is 2.30 bits per heavy atom. The predicted octanol–water partition coefficient (Wildman–Crippen LogP) is 4.54. The summed E-state index contributed by atoms with van der Waals surface area (Å²) >= 11 is 6.29. The second kappa shape index (κ2) is 12.2. The van der Waals surface area contributed by atoms with Crippen molar-refractivity contribution in [3.8, 4) is 0 Å². The summed E-state index contributed by atoms with van der Waals surface area (Å²) < 4.78 is 43.0. The first-order valence-corrected chi connectivity index (χ1v) is 13.5. The molecule has 0 aliphatic heterocycles. The topological polar surface area (TPSA) is 86.8 Å². The summed E-state index contributed by atoms with van der Waals surface area (Å²) in [6, 6.07) is 17.4. The molecule has 0 aliphatic carbocycles. The fraction of sp³-hybridized carbons (Fsp3) is 0.259. The zero-order valence-electron chi connectivity index (χ0n) is 20.8. The second-order valence-corrected chi connectivity index (χ2v) is 10.7. The van der Waals surface area contributed by atoms with Gasteiger partial charge in [-0.3, -0.25) is 13.9 Å². The van der Waals surface area contributed by atoms with Gasteiger partial charge < -0.3 is 10.2 Å². The van der Waals surface area contributed by atoms with E-state index in [0.717, 1.165) is 4.31 Å². The molecule has 0 heterocycles. The van der Waals surface area contributed by atoms with Crippen LogP contribution < -0.4 is 9.62 Å². The van der Waals surface area contributed by atoms with Gasteiger partial charge in [-0.15, -0.1) is 0 Å². The Morgan fingerprint density at radius 1 is 1.00 bits per heavy atom. The molecule has 3 rings (SSSR count). The number of amides is 2. The van der Waals surface area contributed by atoms with Crippen molar-refractivity contribution < 1.29 is 22.4 Å². The van der Waals surface area contributed by atoms with E-state index in [4.69, 9.17) is 11.6 Å². The van der Waals surface area contributed by atoms with Gasteiger partial charge in [0.1, 0.15) is 18.4 Å². The van der Waals surface area contributed by atoms with Crippen LogP contribution in [-0.4, -0.2) is 44.3 Å². The van der Waals surface area contributed by atoms with Crippen LogP contribution in [0.2, 0.25) is 5.02 Å². The Morgan fingerprint density at radius 2 is 1.65 bits per heavy atom. The first kappa shape index (κ1) is 28.1. The van der Waals surface area contributed by atoms with Crippen molar-refractivity contribution in [3.63, 3.8) is 0 Å². The number of halogens is 2. The highest BCUT2D eigenvalue weighted by Crippen LogP contribution is 2.31. The maximum Gasteiger partial charge on any atom is 0.264 e. The normalized spacial score (nSPS) is 12.0. The third-order valence-electron chi connectivity index (χ3n) is 5.93. The molecule has 2 amide bonds. The fourth-order valence-corrected chi connectivity index (χ4v) is 5.48. The Balaban J connectivity index is 2.08. The van der Waals surface area contributed by atoms with E-state index in [1.165, 1.54) is 42.2 Å². The van der Waals surface area contributed by atoms with E-state index < -0.39 is 40.2 Å². The highest BCUT2D eigenvalue weighted by Gasteiger charge is 2.33. The van der Waals surface area contributed by atoms with Crippen LogP contribution in [-0.2, 0) is 26.2 Å². The van der Waals surface area contributed by atoms with Crippen LogP contribution in [0, 0.1) is 12.7 Å². The summed E-state index contributed by atoms with van der Waals surface area (Å²) in [6.45, 7) is 4.40. The van der Waals surface area contributed by atoms with Gasteiger partial charge in [0.2, 0.25) is 11.8 Å². The van der Waals surface area contributed by atoms with Gasteiger partial charge in [0, 0.05) is 23.7 Å². The summed E-state index contributed by atoms with van der Waals surface area (Å²) in [6.07, 6.45) is 0. The number of likely N-dealkylation sites (N-methyl/N-ethyl adjacent to an activating group) is 1. The lowest BCUT2D eigenvalue weighted by atomic mass is 10.1. The predicted molar refractivity (Wildman–Crippen MR) is 142 cm³/mol. The molecule has 0 saturated heterocycles. The van der Waals surface area contributed by atoms with Crippen molar-refractivity contribution in [2.75, 3.05) is 17.4 Å². The van der Waals surface area contributed by atoms with E-state index in [1.54, 1.807) is 56.3 Å². The van der Waals surface area contributed by atoms with E-state index in [9.17, 15) is 22.4 Å². The lowest BCUT2D eigenvalue weighted by molar-refractivity contribution is -0.139. The zero-order chi connectivity index (χ0) is 27.2. The van der Waals surface area contributed by atoms with Gasteiger partial charge in [0.05, 0.1) is 10.6 Å². The Bertz CT molecular complexity index is 1370. The molecule has 7 nitrogen and oxygen atoms in total. The first-order valence-electron chi connectivity index (χ1n) is 11.7. The molecule has 0 bridgehead atoms. The van der Waals surface area contributed by atoms with Gasteiger partial charge in [-0.25, -0.2) is 12.8 Å². The molecule has 3 aromatic carbocycles. The summed E-state index contributed by atoms with van der Waals surface area (Å²) in [5.74, 6) is -1.66. The number of hydrogen-bond donors (Lipinski definition) is 1. The van der Waals surface area contributed by atoms with Crippen LogP contribution in [0.3, 0.4) is 0 Å². The van der Waals surface area contributed by atoms with E-state index in [-0.39, 0.29) is 22.7 Å². The first-order chi connectivity index (χ1) is 17.6. The zero-order valence-corrected chi connectivity index (χ0v) is 22.4. The number of carbonyl (C=O) groups is 2. The molecule has 0 aromatic heterocycles. The Hall–Kier alpha value is -3.43. The molecule has 0 saturated carbocycles. The quantitative estimate of drug-likeness (QED) is 0.405. The summed E-state index contributed by atoms with van der Waals surface area (Å²) in [4.78, 5) is 27.6. The molecule has 3 aromatic rings. The number of hydrogen-bond acceptors (Lipinski definition) is 4. The molecule has 0 unspecified atom stereocenters. The number of anilines is 1. The van der Waals surface area contributed by atoms with Crippen LogP contribution in [0.4, 0.5) is 10.1 Å². The van der Waals surface area contributed by atoms with Crippen molar-refractivity contribution in [1.29, 1.82) is 0 Å². The van der Waals surface area contributed by atoms with E-state index in [1.807, 2.05) is 0 Å². The molecular weight excluding hydrogens is 517 g/mol. The standard InChI is InChI=1S/C27H29ClFN3O4S/c1-4-30-27(34)20(3)31(17-21-11-8-9-15-24(21)29)26(33)18-32(25-16-10-14-23(28)19(25)2)37(35,36)22-12-6-5-7-13-22/h5-16,20H,4,17-18H2,1-3H3,(H,30,34)/t20-/m0/s1. The number of rotatable bonds is 10. The van der Waals surface area contributed by atoms with Gasteiger partial charge in [-0.2, -0.15) is 0 Å². The van der Waals surface area contributed by atoms with E-state index >= 15 is 0 Å². The fourth-order valence-electron chi connectivity index (χ4n) is 3.81. The van der Waals surface area contributed by atoms with E-state index in [0.29, 0.717) is 17.1 Å². The molecule has 1 N–H and O–H groups in total. The molecule has 10 heteroatoms. The van der Waals surface area contributed by atoms with Gasteiger partial charge in [0.15, 0.2) is 0 Å². The number of benzene rings is 3. The smallest absolute Gasteiger partial charge is 0.264 e. The number of nitrogens with one attached hydrogen (secondary N) is 1. The number of sulfonamides is 1. The van der Waals surface area contributed by atoms with E-state index in [2.05, 4.69) is 5.32 Å². The summed E-state index contributed by atoms with van der Waals surface area (Å²) in [7, 11) is -4.21. The SMILES string of the molecule is CCNC(=O)[C@H](C)N(Cc1ccccc1F)C(=O)CN(c1cccc(Cl)c1C)S(=O)(=O)c1ccccc1. The van der Waals surface area contributed by atoms with Crippen molar-refractivity contribution in [3.05, 3.63) is 94.8 Å². The minimum atomic E-state index is -4.21. The Kier molecular flexibility index (Phi) is 9.29. The minimum Gasteiger partial charge on any atom is -0.355 e. The second-order valence-electron chi connectivity index (χ2n) is 8.39. The lowest BCUT2D eigenvalue weighted by Gasteiger charge is -2.32. The largest absolute Gasteiger partial charge is 0.355 e.